The van der Waals surface area contributed by atoms with Crippen molar-refractivity contribution in [2.24, 2.45) is 0 Å². The molecular formula is C11H13NO3S. The first kappa shape index (κ1) is 11.0. The Labute approximate surface area is 94.0 Å². The zero-order valence-electron chi connectivity index (χ0n) is 8.93. The first-order valence-corrected chi connectivity index (χ1v) is 6.81. The summed E-state index contributed by atoms with van der Waals surface area (Å²) in [7, 11) is -3.07. The molecule has 0 bridgehead atoms. The maximum Gasteiger partial charge on any atom is 0.157 e. The number of anilines is 1. The highest BCUT2D eigenvalue weighted by Crippen LogP contribution is 2.25. The normalized spacial score (nSPS) is 12.1. The predicted octanol–water partition coefficient (Wildman–Crippen LogP) is 1.95. The van der Waals surface area contributed by atoms with E-state index in [9.17, 15) is 8.42 Å². The number of sulfone groups is 1. The second kappa shape index (κ2) is 3.83. The second-order valence-corrected chi connectivity index (χ2v) is 6.00. The first-order valence-electron chi connectivity index (χ1n) is 4.99. The summed E-state index contributed by atoms with van der Waals surface area (Å²) in [5.74, 6) is 0.478. The summed E-state index contributed by atoms with van der Waals surface area (Å²) in [6.07, 6.45) is 0. The molecule has 2 aromatic rings. The van der Waals surface area contributed by atoms with Crippen LogP contribution in [0.5, 0.6) is 0 Å². The Morgan fingerprint density at radius 1 is 1.38 bits per heavy atom. The summed E-state index contributed by atoms with van der Waals surface area (Å²) < 4.78 is 28.3. The van der Waals surface area contributed by atoms with Crippen LogP contribution < -0.4 is 5.73 Å². The monoisotopic (exact) mass is 239 g/mol. The van der Waals surface area contributed by atoms with Crippen molar-refractivity contribution in [1.29, 1.82) is 0 Å². The molecule has 2 N–H and O–H groups in total. The third-order valence-electron chi connectivity index (χ3n) is 2.45. The average Bonchev–Trinajstić information content (AvgIpc) is 2.61. The van der Waals surface area contributed by atoms with Gasteiger partial charge in [0.15, 0.2) is 9.84 Å². The fourth-order valence-electron chi connectivity index (χ4n) is 1.53. The van der Waals surface area contributed by atoms with Crippen LogP contribution in [0.1, 0.15) is 12.7 Å². The molecule has 0 aliphatic carbocycles. The van der Waals surface area contributed by atoms with Gasteiger partial charge in [-0.25, -0.2) is 8.42 Å². The Morgan fingerprint density at radius 3 is 2.75 bits per heavy atom. The maximum absolute atomic E-state index is 11.4. The van der Waals surface area contributed by atoms with E-state index in [1.54, 1.807) is 31.2 Å². The van der Waals surface area contributed by atoms with Gasteiger partial charge in [0.2, 0.25) is 0 Å². The minimum Gasteiger partial charge on any atom is -0.460 e. The van der Waals surface area contributed by atoms with Crippen molar-refractivity contribution in [2.45, 2.75) is 12.7 Å². The van der Waals surface area contributed by atoms with E-state index in [0.29, 0.717) is 17.0 Å². The van der Waals surface area contributed by atoms with Crippen molar-refractivity contribution in [3.8, 4) is 0 Å². The lowest BCUT2D eigenvalue weighted by Crippen LogP contribution is -2.05. The number of hydrogen-bond donors (Lipinski definition) is 1. The van der Waals surface area contributed by atoms with Gasteiger partial charge in [0.25, 0.3) is 0 Å². The molecule has 0 fully saturated rings. The van der Waals surface area contributed by atoms with Crippen molar-refractivity contribution in [3.63, 3.8) is 0 Å². The third kappa shape index (κ3) is 2.04. The van der Waals surface area contributed by atoms with Crippen LogP contribution in [0.4, 0.5) is 5.69 Å². The van der Waals surface area contributed by atoms with Crippen LogP contribution in [0, 0.1) is 0 Å². The van der Waals surface area contributed by atoms with Gasteiger partial charge in [-0.05, 0) is 18.2 Å². The van der Waals surface area contributed by atoms with E-state index in [-0.39, 0.29) is 11.5 Å². The molecule has 0 aliphatic heterocycles. The fraction of sp³-hybridized carbons (Fsp3) is 0.273. The molecule has 5 heteroatoms. The molecule has 1 heterocycles. The summed E-state index contributed by atoms with van der Waals surface area (Å²) in [5, 5.41) is 0.767. The molecule has 0 radical (unpaired) electrons. The molecule has 4 nitrogen and oxygen atoms in total. The largest absolute Gasteiger partial charge is 0.460 e. The summed E-state index contributed by atoms with van der Waals surface area (Å²) in [5.41, 5.74) is 6.98. The van der Waals surface area contributed by atoms with Crippen LogP contribution in [-0.2, 0) is 15.6 Å². The Morgan fingerprint density at radius 2 is 2.12 bits per heavy atom. The van der Waals surface area contributed by atoms with Crippen molar-refractivity contribution in [2.75, 3.05) is 11.5 Å². The second-order valence-electron chi connectivity index (χ2n) is 3.65. The molecule has 0 unspecified atom stereocenters. The van der Waals surface area contributed by atoms with Gasteiger partial charge in [-0.2, -0.15) is 0 Å². The van der Waals surface area contributed by atoms with E-state index >= 15 is 0 Å². The molecule has 86 valence electrons. The van der Waals surface area contributed by atoms with Gasteiger partial charge in [0.1, 0.15) is 17.1 Å². The van der Waals surface area contributed by atoms with Crippen LogP contribution in [0.15, 0.2) is 28.7 Å². The van der Waals surface area contributed by atoms with Crippen molar-refractivity contribution < 1.29 is 12.8 Å². The molecule has 16 heavy (non-hydrogen) atoms. The number of furan rings is 1. The van der Waals surface area contributed by atoms with Gasteiger partial charge in [0, 0.05) is 16.8 Å². The SMILES string of the molecule is CCS(=O)(=O)Cc1cc2c(N)cccc2o1. The molecule has 0 saturated heterocycles. The summed E-state index contributed by atoms with van der Waals surface area (Å²) in [6, 6.07) is 7.00. The van der Waals surface area contributed by atoms with Gasteiger partial charge in [-0.3, -0.25) is 0 Å². The molecule has 1 aromatic heterocycles. The molecule has 0 spiro atoms. The van der Waals surface area contributed by atoms with Gasteiger partial charge < -0.3 is 10.2 Å². The Hall–Kier alpha value is -1.49. The van der Waals surface area contributed by atoms with E-state index in [1.807, 2.05) is 0 Å². The van der Waals surface area contributed by atoms with E-state index < -0.39 is 9.84 Å². The number of hydrogen-bond acceptors (Lipinski definition) is 4. The highest BCUT2D eigenvalue weighted by Gasteiger charge is 2.13. The molecular weight excluding hydrogens is 226 g/mol. The lowest BCUT2D eigenvalue weighted by molar-refractivity contribution is 0.555. The van der Waals surface area contributed by atoms with Crippen LogP contribution in [0.2, 0.25) is 0 Å². The highest BCUT2D eigenvalue weighted by atomic mass is 32.2. The minimum atomic E-state index is -3.07. The van der Waals surface area contributed by atoms with Crippen LogP contribution in [0.3, 0.4) is 0 Å². The quantitative estimate of drug-likeness (QED) is 0.831. The zero-order chi connectivity index (χ0) is 11.8. The van der Waals surface area contributed by atoms with Crippen molar-refractivity contribution in [1.82, 2.24) is 0 Å². The lowest BCUT2D eigenvalue weighted by Gasteiger charge is -1.95. The maximum atomic E-state index is 11.4. The van der Waals surface area contributed by atoms with Crippen molar-refractivity contribution in [3.05, 3.63) is 30.0 Å². The van der Waals surface area contributed by atoms with Crippen LogP contribution in [0.25, 0.3) is 11.0 Å². The minimum absolute atomic E-state index is 0.0718. The van der Waals surface area contributed by atoms with Crippen LogP contribution >= 0.6 is 0 Å². The fourth-order valence-corrected chi connectivity index (χ4v) is 2.31. The zero-order valence-corrected chi connectivity index (χ0v) is 9.75. The molecule has 0 amide bonds. The van der Waals surface area contributed by atoms with E-state index in [0.717, 1.165) is 5.39 Å². The summed E-state index contributed by atoms with van der Waals surface area (Å²) in [4.78, 5) is 0. The molecule has 0 aliphatic rings. The van der Waals surface area contributed by atoms with Crippen LogP contribution in [-0.4, -0.2) is 14.2 Å². The topological polar surface area (TPSA) is 73.3 Å². The summed E-state index contributed by atoms with van der Waals surface area (Å²) in [6.45, 7) is 1.62. The number of rotatable bonds is 3. The highest BCUT2D eigenvalue weighted by molar-refractivity contribution is 7.90. The van der Waals surface area contributed by atoms with Gasteiger partial charge in [0.05, 0.1) is 0 Å². The number of benzene rings is 1. The molecule has 0 atom stereocenters. The van der Waals surface area contributed by atoms with Gasteiger partial charge >= 0.3 is 0 Å². The van der Waals surface area contributed by atoms with E-state index in [2.05, 4.69) is 0 Å². The Balaban J connectivity index is 2.45. The smallest absolute Gasteiger partial charge is 0.157 e. The van der Waals surface area contributed by atoms with E-state index in [4.69, 9.17) is 10.2 Å². The molecule has 2 rings (SSSR count). The third-order valence-corrected chi connectivity index (χ3v) is 4.05. The number of nitrogen functional groups attached to an aromatic ring is 1. The first-order chi connectivity index (χ1) is 7.52. The lowest BCUT2D eigenvalue weighted by atomic mass is 10.2. The van der Waals surface area contributed by atoms with Gasteiger partial charge in [-0.15, -0.1) is 0 Å². The standard InChI is InChI=1S/C11H13NO3S/c1-2-16(13,14)7-8-6-9-10(12)4-3-5-11(9)15-8/h3-6H,2,7,12H2,1H3. The molecule has 0 saturated carbocycles. The Kier molecular flexibility index (Phi) is 2.63. The molecule has 1 aromatic carbocycles. The Bertz CT molecular complexity index is 613. The average molecular weight is 239 g/mol. The predicted molar refractivity (Wildman–Crippen MR) is 63.8 cm³/mol. The number of nitrogens with two attached hydrogens (primary N) is 1. The van der Waals surface area contributed by atoms with Crippen molar-refractivity contribution >= 4 is 26.5 Å². The van der Waals surface area contributed by atoms with Gasteiger partial charge in [-0.1, -0.05) is 13.0 Å². The number of fused-ring (bicyclic) bond motifs is 1. The summed E-state index contributed by atoms with van der Waals surface area (Å²) >= 11 is 0. The van der Waals surface area contributed by atoms with E-state index in [1.165, 1.54) is 0 Å².